The summed E-state index contributed by atoms with van der Waals surface area (Å²) in [7, 11) is 0. The molecule has 0 saturated carbocycles. The lowest BCUT2D eigenvalue weighted by molar-refractivity contribution is 0.396. The lowest BCUT2D eigenvalue weighted by atomic mass is 10.2. The van der Waals surface area contributed by atoms with Gasteiger partial charge in [0.1, 0.15) is 0 Å². The van der Waals surface area contributed by atoms with Crippen molar-refractivity contribution in [2.75, 3.05) is 0 Å². The summed E-state index contributed by atoms with van der Waals surface area (Å²) in [5, 5.41) is 14.9. The molecule has 1 atom stereocenters. The number of benzene rings is 1. The van der Waals surface area contributed by atoms with Crippen LogP contribution in [0.2, 0.25) is 0 Å². The van der Waals surface area contributed by atoms with Crippen molar-refractivity contribution in [1.82, 2.24) is 25.7 Å². The maximum absolute atomic E-state index is 5.30. The molecular weight excluding hydrogens is 270 g/mol. The summed E-state index contributed by atoms with van der Waals surface area (Å²) in [5.74, 6) is 2.18. The highest BCUT2D eigenvalue weighted by molar-refractivity contribution is 5.52. The molecule has 0 radical (unpaired) electrons. The van der Waals surface area contributed by atoms with Gasteiger partial charge < -0.3 is 8.94 Å². The van der Waals surface area contributed by atoms with Gasteiger partial charge >= 0.3 is 0 Å². The Morgan fingerprint density at radius 1 is 1.19 bits per heavy atom. The topological polar surface area (TPSA) is 89.9 Å². The summed E-state index contributed by atoms with van der Waals surface area (Å²) in [6.07, 6.45) is 0. The Kier molecular flexibility index (Phi) is 3.74. The van der Waals surface area contributed by atoms with E-state index in [4.69, 9.17) is 8.94 Å². The van der Waals surface area contributed by atoms with Crippen LogP contribution in [0.15, 0.2) is 39.3 Å². The van der Waals surface area contributed by atoms with Crippen LogP contribution in [0.5, 0.6) is 0 Å². The molecule has 0 bridgehead atoms. The minimum atomic E-state index is -0.0848. The molecule has 0 aliphatic carbocycles. The third-order valence-corrected chi connectivity index (χ3v) is 2.98. The second-order valence-electron chi connectivity index (χ2n) is 4.64. The van der Waals surface area contributed by atoms with E-state index in [1.165, 1.54) is 0 Å². The second-order valence-corrected chi connectivity index (χ2v) is 4.64. The zero-order valence-electron chi connectivity index (χ0n) is 11.8. The summed E-state index contributed by atoms with van der Waals surface area (Å²) in [6, 6.07) is 9.57. The molecule has 0 saturated heterocycles. The van der Waals surface area contributed by atoms with Crippen LogP contribution in [0, 0.1) is 6.92 Å². The van der Waals surface area contributed by atoms with Crippen molar-refractivity contribution in [3.05, 3.63) is 47.9 Å². The normalized spacial score (nSPS) is 12.5. The van der Waals surface area contributed by atoms with Gasteiger partial charge in [0.25, 0.3) is 5.89 Å². The van der Waals surface area contributed by atoms with E-state index in [2.05, 4.69) is 25.7 Å². The van der Waals surface area contributed by atoms with E-state index in [0.29, 0.717) is 30.0 Å². The molecule has 21 heavy (non-hydrogen) atoms. The number of aryl methyl sites for hydroxylation is 1. The van der Waals surface area contributed by atoms with Crippen LogP contribution in [0.3, 0.4) is 0 Å². The van der Waals surface area contributed by atoms with Gasteiger partial charge in [-0.25, -0.2) is 0 Å². The predicted molar refractivity (Wildman–Crippen MR) is 74.0 cm³/mol. The molecule has 1 N–H and O–H groups in total. The number of nitrogens with one attached hydrogen (secondary N) is 1. The molecule has 0 amide bonds. The van der Waals surface area contributed by atoms with Crippen LogP contribution < -0.4 is 5.32 Å². The Hall–Kier alpha value is -2.54. The molecule has 1 aromatic carbocycles. The zero-order valence-corrected chi connectivity index (χ0v) is 11.8. The minimum absolute atomic E-state index is 0.0848. The first-order valence-electron chi connectivity index (χ1n) is 6.64. The molecule has 3 rings (SSSR count). The predicted octanol–water partition coefficient (Wildman–Crippen LogP) is 2.28. The number of rotatable bonds is 5. The summed E-state index contributed by atoms with van der Waals surface area (Å²) < 4.78 is 10.6. The molecule has 2 aromatic heterocycles. The van der Waals surface area contributed by atoms with Crippen molar-refractivity contribution in [3.63, 3.8) is 0 Å². The Balaban J connectivity index is 1.65. The van der Waals surface area contributed by atoms with Gasteiger partial charge in [-0.15, -0.1) is 10.2 Å². The molecule has 0 aliphatic rings. The molecule has 7 heteroatoms. The van der Waals surface area contributed by atoms with Gasteiger partial charge in [0.15, 0.2) is 5.82 Å². The number of nitrogens with zero attached hydrogens (tertiary/aromatic N) is 4. The van der Waals surface area contributed by atoms with Gasteiger partial charge in [0.05, 0.1) is 12.6 Å². The Morgan fingerprint density at radius 2 is 2.00 bits per heavy atom. The van der Waals surface area contributed by atoms with Crippen LogP contribution >= 0.6 is 0 Å². The van der Waals surface area contributed by atoms with Gasteiger partial charge in [0.2, 0.25) is 11.8 Å². The highest BCUT2D eigenvalue weighted by atomic mass is 16.5. The third-order valence-electron chi connectivity index (χ3n) is 2.98. The molecule has 7 nitrogen and oxygen atoms in total. The van der Waals surface area contributed by atoms with Gasteiger partial charge in [-0.1, -0.05) is 23.4 Å². The van der Waals surface area contributed by atoms with E-state index in [9.17, 15) is 0 Å². The summed E-state index contributed by atoms with van der Waals surface area (Å²) in [5.41, 5.74) is 0.899. The maximum Gasteiger partial charge on any atom is 0.257 e. The standard InChI is InChI=1S/C14H15N5O2/c1-9(15-8-12-18-17-10(2)20-12)13-16-14(21-19-13)11-6-4-3-5-7-11/h3-7,9,15H,8H2,1-2H3/t9-/m1/s1. The van der Waals surface area contributed by atoms with Crippen LogP contribution in [0.1, 0.15) is 30.6 Å². The van der Waals surface area contributed by atoms with E-state index in [-0.39, 0.29) is 6.04 Å². The van der Waals surface area contributed by atoms with E-state index in [1.54, 1.807) is 6.92 Å². The van der Waals surface area contributed by atoms with E-state index < -0.39 is 0 Å². The van der Waals surface area contributed by atoms with Crippen LogP contribution in [0.4, 0.5) is 0 Å². The number of aromatic nitrogens is 4. The van der Waals surface area contributed by atoms with Crippen molar-refractivity contribution in [3.8, 4) is 11.5 Å². The van der Waals surface area contributed by atoms with Crippen LogP contribution in [-0.2, 0) is 6.54 Å². The van der Waals surface area contributed by atoms with Gasteiger partial charge in [-0.2, -0.15) is 4.98 Å². The first-order valence-corrected chi connectivity index (χ1v) is 6.64. The molecule has 3 aromatic rings. The zero-order chi connectivity index (χ0) is 14.7. The SMILES string of the molecule is Cc1nnc(CN[C@H](C)c2noc(-c3ccccc3)n2)o1. The summed E-state index contributed by atoms with van der Waals surface area (Å²) in [6.45, 7) is 4.16. The lowest BCUT2D eigenvalue weighted by Gasteiger charge is -2.06. The largest absolute Gasteiger partial charge is 0.424 e. The number of hydrogen-bond acceptors (Lipinski definition) is 7. The summed E-state index contributed by atoms with van der Waals surface area (Å²) in [4.78, 5) is 4.39. The van der Waals surface area contributed by atoms with Crippen molar-refractivity contribution in [2.45, 2.75) is 26.4 Å². The lowest BCUT2D eigenvalue weighted by Crippen LogP contribution is -2.19. The highest BCUT2D eigenvalue weighted by Crippen LogP contribution is 2.18. The average molecular weight is 285 g/mol. The fourth-order valence-corrected chi connectivity index (χ4v) is 1.85. The van der Waals surface area contributed by atoms with Crippen molar-refractivity contribution in [2.24, 2.45) is 0 Å². The highest BCUT2D eigenvalue weighted by Gasteiger charge is 2.15. The smallest absolute Gasteiger partial charge is 0.257 e. The first kappa shape index (κ1) is 13.4. The molecule has 2 heterocycles. The third kappa shape index (κ3) is 3.14. The van der Waals surface area contributed by atoms with Crippen molar-refractivity contribution < 1.29 is 8.94 Å². The fourth-order valence-electron chi connectivity index (χ4n) is 1.85. The Labute approximate surface area is 121 Å². The molecular formula is C14H15N5O2. The quantitative estimate of drug-likeness (QED) is 0.769. The number of hydrogen-bond donors (Lipinski definition) is 1. The first-order chi connectivity index (χ1) is 10.2. The van der Waals surface area contributed by atoms with Gasteiger partial charge in [-0.3, -0.25) is 5.32 Å². The maximum atomic E-state index is 5.30. The van der Waals surface area contributed by atoms with Crippen molar-refractivity contribution in [1.29, 1.82) is 0 Å². The van der Waals surface area contributed by atoms with Gasteiger partial charge in [-0.05, 0) is 19.1 Å². The molecule has 108 valence electrons. The van der Waals surface area contributed by atoms with Crippen molar-refractivity contribution >= 4 is 0 Å². The molecule has 0 spiro atoms. The minimum Gasteiger partial charge on any atom is -0.424 e. The summed E-state index contributed by atoms with van der Waals surface area (Å²) >= 11 is 0. The monoisotopic (exact) mass is 285 g/mol. The molecule has 0 fully saturated rings. The second kappa shape index (κ2) is 5.84. The average Bonchev–Trinajstić information content (AvgIpc) is 3.15. The molecule has 0 unspecified atom stereocenters. The van der Waals surface area contributed by atoms with Crippen LogP contribution in [-0.4, -0.2) is 20.3 Å². The van der Waals surface area contributed by atoms with E-state index in [0.717, 1.165) is 5.56 Å². The Morgan fingerprint density at radius 3 is 2.71 bits per heavy atom. The van der Waals surface area contributed by atoms with Gasteiger partial charge in [0, 0.05) is 12.5 Å². The van der Waals surface area contributed by atoms with E-state index >= 15 is 0 Å². The Bertz CT molecular complexity index is 707. The molecule has 0 aliphatic heterocycles. The van der Waals surface area contributed by atoms with Crippen LogP contribution in [0.25, 0.3) is 11.5 Å². The van der Waals surface area contributed by atoms with E-state index in [1.807, 2.05) is 37.3 Å². The fraction of sp³-hybridized carbons (Fsp3) is 0.286.